The van der Waals surface area contributed by atoms with Gasteiger partial charge in [-0.2, -0.15) is 26.3 Å². The summed E-state index contributed by atoms with van der Waals surface area (Å²) in [6.07, 6.45) is 5.61. The smallest absolute Gasteiger partial charge is 0.741 e. The quantitative estimate of drug-likeness (QED) is 0.116. The molecule has 2 aliphatic rings. The Morgan fingerprint density at radius 2 is 1.26 bits per heavy atom. The summed E-state index contributed by atoms with van der Waals surface area (Å²) in [5.41, 5.74) is -10.2. The molecule has 0 aromatic rings. The van der Waals surface area contributed by atoms with Crippen molar-refractivity contribution in [2.45, 2.75) is 29.9 Å². The van der Waals surface area contributed by atoms with Crippen LogP contribution in [0.3, 0.4) is 0 Å². The van der Waals surface area contributed by atoms with Crippen molar-refractivity contribution in [1.82, 2.24) is 35.7 Å². The zero-order chi connectivity index (χ0) is 25.7. The molecule has 0 radical (unpaired) electrons. The monoisotopic (exact) mass is 798 g/mol. The number of halogens is 6. The Balaban J connectivity index is -0.0000000768. The molecule has 15 nitrogen and oxygen atoms in total. The standard InChI is InChI=1S/C12H17NO3.2CHF3O3S.5H3N.Os/c1-13-7-6-8-10(15-2)5-4-9(11(8)13)12(14)16-3;2*2-1(3,4)8(5,6)7;;;;;;/h6-7,9,11H,4-5H2,1-3H3;2*(H,5,6,7);5*1H3;/q;;;;;;;;+2/p-2. The largest absolute Gasteiger partial charge is 2.00 e. The fourth-order valence-corrected chi connectivity index (χ4v) is 2.57. The first kappa shape index (κ1) is 52.8. The number of alkyl halides is 6. The molecule has 2 rings (SSSR count). The van der Waals surface area contributed by atoms with Crippen molar-refractivity contribution in [2.75, 3.05) is 21.3 Å². The average Bonchev–Trinajstić information content (AvgIpc) is 3.00. The Hall–Kier alpha value is -1.61. The fourth-order valence-electron chi connectivity index (χ4n) is 2.57. The van der Waals surface area contributed by atoms with Crippen LogP contribution in [-0.2, 0) is 54.3 Å². The molecule has 234 valence electrons. The molecule has 1 heterocycles. The van der Waals surface area contributed by atoms with Crippen molar-refractivity contribution >= 4 is 26.2 Å². The van der Waals surface area contributed by atoms with Crippen LogP contribution in [-0.4, -0.2) is 75.1 Å². The van der Waals surface area contributed by atoms with E-state index in [-0.39, 0.29) is 68.5 Å². The molecule has 0 fully saturated rings. The maximum absolute atomic E-state index is 11.7. The van der Waals surface area contributed by atoms with Gasteiger partial charge in [0, 0.05) is 19.0 Å². The van der Waals surface area contributed by atoms with E-state index in [0.717, 1.165) is 24.2 Å². The van der Waals surface area contributed by atoms with Gasteiger partial charge in [-0.15, -0.1) is 0 Å². The number of likely N-dealkylation sites (N-methyl/N-ethyl adjacent to an activating group) is 1. The number of hydrogen-bond acceptors (Lipinski definition) is 15. The zero-order valence-corrected chi connectivity index (χ0v) is 24.5. The van der Waals surface area contributed by atoms with E-state index in [9.17, 15) is 31.1 Å². The van der Waals surface area contributed by atoms with Crippen LogP contribution in [0.4, 0.5) is 26.3 Å². The molecule has 0 amide bonds. The fraction of sp³-hybridized carbons (Fsp3) is 0.643. The van der Waals surface area contributed by atoms with E-state index in [4.69, 9.17) is 35.4 Å². The summed E-state index contributed by atoms with van der Waals surface area (Å²) in [6, 6.07) is 0.0798. The van der Waals surface area contributed by atoms with Gasteiger partial charge in [-0.1, -0.05) is 0 Å². The summed E-state index contributed by atoms with van der Waals surface area (Å²) in [4.78, 5) is 13.8. The van der Waals surface area contributed by atoms with E-state index < -0.39 is 31.3 Å². The third-order valence-corrected chi connectivity index (χ3v) is 5.08. The molecular formula is C14H32F6N6O9OsS2. The number of methoxy groups -OCH3 is 2. The minimum atomic E-state index is -6.09. The zero-order valence-electron chi connectivity index (χ0n) is 20.3. The average molecular weight is 797 g/mol. The van der Waals surface area contributed by atoms with Crippen LogP contribution in [0.15, 0.2) is 23.6 Å². The van der Waals surface area contributed by atoms with Gasteiger partial charge in [-0.05, 0) is 18.7 Å². The van der Waals surface area contributed by atoms with E-state index in [1.54, 1.807) is 7.11 Å². The number of hydrogen-bond donors (Lipinski definition) is 5. The second-order valence-electron chi connectivity index (χ2n) is 5.98. The molecule has 24 heteroatoms. The SMILES string of the molecule is COC(=O)C1CCC(OC)=C2C=CN(C)C21.N.N.N.N.N.O=S(=O)([O-])C(F)(F)F.O=S(=O)([O-])C(F)(F)F.[Os+2]. The summed E-state index contributed by atoms with van der Waals surface area (Å²) < 4.78 is 128. The van der Waals surface area contributed by atoms with Gasteiger partial charge in [0.05, 0.1) is 26.2 Å². The van der Waals surface area contributed by atoms with Crippen molar-refractivity contribution in [3.8, 4) is 0 Å². The van der Waals surface area contributed by atoms with Crippen LogP contribution < -0.4 is 30.8 Å². The van der Waals surface area contributed by atoms with Crippen LogP contribution >= 0.6 is 0 Å². The van der Waals surface area contributed by atoms with Gasteiger partial charge in [0.25, 0.3) is 0 Å². The van der Waals surface area contributed by atoms with Crippen molar-refractivity contribution < 1.29 is 86.3 Å². The summed E-state index contributed by atoms with van der Waals surface area (Å²) in [5.74, 6) is 0.776. The van der Waals surface area contributed by atoms with Gasteiger partial charge in [-0.3, -0.25) is 4.79 Å². The van der Waals surface area contributed by atoms with Gasteiger partial charge >= 0.3 is 36.8 Å². The van der Waals surface area contributed by atoms with Crippen molar-refractivity contribution in [2.24, 2.45) is 5.92 Å². The predicted octanol–water partition coefficient (Wildman–Crippen LogP) is 2.21. The van der Waals surface area contributed by atoms with E-state index in [2.05, 4.69) is 4.90 Å². The molecule has 1 aliphatic carbocycles. The van der Waals surface area contributed by atoms with Crippen molar-refractivity contribution in [3.63, 3.8) is 0 Å². The third-order valence-electron chi connectivity index (χ3n) is 3.95. The second kappa shape index (κ2) is 19.4. The van der Waals surface area contributed by atoms with E-state index in [1.165, 1.54) is 7.11 Å². The number of nitrogens with zero attached hydrogens (tertiary/aromatic N) is 1. The van der Waals surface area contributed by atoms with E-state index in [1.807, 2.05) is 19.3 Å². The van der Waals surface area contributed by atoms with E-state index in [0.29, 0.717) is 0 Å². The Bertz CT molecular complexity index is 921. The Kier molecular flexibility index (Phi) is 27.0. The normalized spacial score (nSPS) is 17.7. The molecule has 2 atom stereocenters. The summed E-state index contributed by atoms with van der Waals surface area (Å²) in [6.45, 7) is 0. The summed E-state index contributed by atoms with van der Waals surface area (Å²) >= 11 is 0. The second-order valence-corrected chi connectivity index (χ2v) is 8.72. The Morgan fingerprint density at radius 3 is 1.53 bits per heavy atom. The molecule has 15 N–H and O–H groups in total. The number of allylic oxidation sites excluding steroid dienone is 1. The van der Waals surface area contributed by atoms with Gasteiger partial charge in [0.1, 0.15) is 5.76 Å². The first-order valence-electron chi connectivity index (χ1n) is 7.98. The molecule has 38 heavy (non-hydrogen) atoms. The van der Waals surface area contributed by atoms with Gasteiger partial charge in [-0.25, -0.2) is 16.8 Å². The van der Waals surface area contributed by atoms with Crippen molar-refractivity contribution in [3.05, 3.63) is 23.6 Å². The maximum atomic E-state index is 11.7. The number of fused-ring (bicyclic) bond motifs is 1. The maximum Gasteiger partial charge on any atom is 2.00 e. The molecule has 2 unspecified atom stereocenters. The van der Waals surface area contributed by atoms with E-state index >= 15 is 0 Å². The molecule has 1 aliphatic heterocycles. The molecular weight excluding hydrogens is 765 g/mol. The van der Waals surface area contributed by atoms with Crippen LogP contribution in [0, 0.1) is 5.92 Å². The van der Waals surface area contributed by atoms with Gasteiger partial charge in [0.2, 0.25) is 0 Å². The number of carbonyl (C=O) groups is 1. The number of esters is 1. The first-order chi connectivity index (χ1) is 14.2. The molecule has 0 saturated carbocycles. The van der Waals surface area contributed by atoms with Crippen LogP contribution in [0.1, 0.15) is 12.8 Å². The Labute approximate surface area is 228 Å². The van der Waals surface area contributed by atoms with Crippen LogP contribution in [0.5, 0.6) is 0 Å². The minimum Gasteiger partial charge on any atom is -0.741 e. The van der Waals surface area contributed by atoms with Gasteiger partial charge in [0.15, 0.2) is 20.2 Å². The van der Waals surface area contributed by atoms with Crippen molar-refractivity contribution in [1.29, 1.82) is 0 Å². The van der Waals surface area contributed by atoms with Crippen LogP contribution in [0.2, 0.25) is 0 Å². The van der Waals surface area contributed by atoms with Crippen LogP contribution in [0.25, 0.3) is 0 Å². The number of carbonyl (C=O) groups excluding carboxylic acids is 1. The number of ether oxygens (including phenoxy) is 2. The number of rotatable bonds is 2. The third kappa shape index (κ3) is 15.1. The topological polar surface area (TPSA) is 328 Å². The molecule has 0 spiro atoms. The predicted molar refractivity (Wildman–Crippen MR) is 116 cm³/mol. The Morgan fingerprint density at radius 1 is 0.921 bits per heavy atom. The molecule has 0 bridgehead atoms. The molecule has 0 saturated heterocycles. The van der Waals surface area contributed by atoms with Gasteiger partial charge < -0.3 is 54.2 Å². The molecule has 0 aromatic carbocycles. The minimum absolute atomic E-state index is 0. The molecule has 0 aromatic heterocycles. The summed E-state index contributed by atoms with van der Waals surface area (Å²) in [5, 5.41) is 0. The summed E-state index contributed by atoms with van der Waals surface area (Å²) in [7, 11) is -7.08. The first-order valence-corrected chi connectivity index (χ1v) is 10.8.